The normalized spacial score (nSPS) is 14.0. The molecule has 0 spiro atoms. The zero-order valence-electron chi connectivity index (χ0n) is 37.3. The van der Waals surface area contributed by atoms with Crippen LogP contribution in [0.5, 0.6) is 0 Å². The van der Waals surface area contributed by atoms with Gasteiger partial charge in [0.15, 0.2) is 6.10 Å². The highest BCUT2D eigenvalue weighted by atomic mass is 31.2. The summed E-state index contributed by atoms with van der Waals surface area (Å²) < 4.78 is 34.3. The fourth-order valence-corrected chi connectivity index (χ4v) is 6.81. The molecule has 0 aliphatic rings. The van der Waals surface area contributed by atoms with Gasteiger partial charge in [-0.25, -0.2) is 4.57 Å². The van der Waals surface area contributed by atoms with Crippen LogP contribution in [0.4, 0.5) is 0 Å². The molecule has 0 rings (SSSR count). The number of phosphoric ester groups is 1. The Morgan fingerprint density at radius 3 is 1.49 bits per heavy atom. The molecule has 0 aromatic carbocycles. The van der Waals surface area contributed by atoms with Gasteiger partial charge in [-0.3, -0.25) is 18.6 Å². The first-order valence-electron chi connectivity index (χ1n) is 22.9. The Labute approximate surface area is 350 Å². The van der Waals surface area contributed by atoms with Crippen LogP contribution in [0, 0.1) is 0 Å². The lowest BCUT2D eigenvalue weighted by molar-refractivity contribution is -0.870. The fourth-order valence-electron chi connectivity index (χ4n) is 6.06. The number of hydrogen-bond acceptors (Lipinski definition) is 7. The number of hydrogen-bond donors (Lipinski definition) is 1. The van der Waals surface area contributed by atoms with Crippen molar-refractivity contribution >= 4 is 19.8 Å². The number of unbranched alkanes of at least 4 members (excludes halogenated alkanes) is 19. The highest BCUT2D eigenvalue weighted by Crippen LogP contribution is 2.43. The Kier molecular flexibility index (Phi) is 38.0. The molecule has 332 valence electrons. The Morgan fingerprint density at radius 2 is 1.00 bits per heavy atom. The minimum atomic E-state index is -4.38. The molecule has 0 aliphatic heterocycles. The number of carbonyl (C=O) groups is 2. The Bertz CT molecular complexity index is 1110. The van der Waals surface area contributed by atoms with Crippen molar-refractivity contribution in [2.24, 2.45) is 0 Å². The van der Waals surface area contributed by atoms with Crippen molar-refractivity contribution in [3.8, 4) is 0 Å². The molecule has 0 aromatic heterocycles. The lowest BCUT2D eigenvalue weighted by Crippen LogP contribution is -2.37. The van der Waals surface area contributed by atoms with E-state index in [1.807, 2.05) is 21.1 Å². The zero-order chi connectivity index (χ0) is 42.1. The third-order valence-electron chi connectivity index (χ3n) is 9.62. The van der Waals surface area contributed by atoms with Gasteiger partial charge in [-0.1, -0.05) is 172 Å². The molecular weight excluding hydrogens is 737 g/mol. The molecule has 2 unspecified atom stereocenters. The smallest absolute Gasteiger partial charge is 0.462 e. The Morgan fingerprint density at radius 1 is 0.561 bits per heavy atom. The highest BCUT2D eigenvalue weighted by molar-refractivity contribution is 7.47. The average Bonchev–Trinajstić information content (AvgIpc) is 3.16. The lowest BCUT2D eigenvalue weighted by atomic mass is 10.0. The van der Waals surface area contributed by atoms with Gasteiger partial charge in [-0.05, 0) is 51.4 Å². The number of rotatable bonds is 41. The van der Waals surface area contributed by atoms with E-state index in [4.69, 9.17) is 18.5 Å². The molecule has 0 saturated carbocycles. The molecular formula is C47H87NO8P+. The van der Waals surface area contributed by atoms with Gasteiger partial charge in [0.2, 0.25) is 0 Å². The van der Waals surface area contributed by atoms with Crippen molar-refractivity contribution in [3.63, 3.8) is 0 Å². The molecule has 0 radical (unpaired) electrons. The predicted octanol–water partition coefficient (Wildman–Crippen LogP) is 13.1. The van der Waals surface area contributed by atoms with Crippen molar-refractivity contribution in [1.82, 2.24) is 0 Å². The van der Waals surface area contributed by atoms with Crippen molar-refractivity contribution in [2.75, 3.05) is 47.5 Å². The van der Waals surface area contributed by atoms with Gasteiger partial charge in [0.25, 0.3) is 0 Å². The summed E-state index contributed by atoms with van der Waals surface area (Å²) in [6.45, 7) is 4.30. The molecule has 1 N–H and O–H groups in total. The second kappa shape index (κ2) is 39.4. The SMILES string of the molecule is CC/C=C\C/C=C\C/C=C\C/C=C\CCCCCCCCC(=O)OC(COC(=O)CCCCCCCCCCCCCCCC)COP(=O)(O)OCC[N+](C)(C)C. The number of esters is 2. The summed E-state index contributed by atoms with van der Waals surface area (Å²) in [5.41, 5.74) is 0. The molecule has 2 atom stereocenters. The Hall–Kier alpha value is -2.03. The first-order valence-corrected chi connectivity index (χ1v) is 24.4. The molecule has 0 heterocycles. The van der Waals surface area contributed by atoms with Crippen molar-refractivity contribution in [2.45, 2.75) is 193 Å². The molecule has 57 heavy (non-hydrogen) atoms. The fraction of sp³-hybridized carbons (Fsp3) is 0.787. The van der Waals surface area contributed by atoms with Crippen molar-refractivity contribution < 1.29 is 42.1 Å². The van der Waals surface area contributed by atoms with Gasteiger partial charge < -0.3 is 18.9 Å². The first-order chi connectivity index (χ1) is 27.5. The number of nitrogens with zero attached hydrogens (tertiary/aromatic N) is 1. The third-order valence-corrected chi connectivity index (χ3v) is 10.6. The molecule has 0 fully saturated rings. The van der Waals surface area contributed by atoms with Crippen LogP contribution in [-0.2, 0) is 32.7 Å². The summed E-state index contributed by atoms with van der Waals surface area (Å²) in [7, 11) is 1.46. The molecule has 0 bridgehead atoms. The van der Waals surface area contributed by atoms with Crippen LogP contribution in [-0.4, -0.2) is 74.9 Å². The van der Waals surface area contributed by atoms with Gasteiger partial charge >= 0.3 is 19.8 Å². The van der Waals surface area contributed by atoms with E-state index in [9.17, 15) is 19.0 Å². The van der Waals surface area contributed by atoms with E-state index in [0.29, 0.717) is 17.4 Å². The summed E-state index contributed by atoms with van der Waals surface area (Å²) in [5.74, 6) is -0.812. The van der Waals surface area contributed by atoms with Crippen LogP contribution in [0.1, 0.15) is 187 Å². The van der Waals surface area contributed by atoms with Gasteiger partial charge in [0.1, 0.15) is 19.8 Å². The molecule has 0 aromatic rings. The van der Waals surface area contributed by atoms with Crippen LogP contribution < -0.4 is 0 Å². The monoisotopic (exact) mass is 825 g/mol. The second-order valence-electron chi connectivity index (χ2n) is 16.4. The number of quaternary nitrogens is 1. The van der Waals surface area contributed by atoms with E-state index in [1.54, 1.807) is 0 Å². The minimum Gasteiger partial charge on any atom is -0.462 e. The second-order valence-corrected chi connectivity index (χ2v) is 17.9. The zero-order valence-corrected chi connectivity index (χ0v) is 38.2. The predicted molar refractivity (Wildman–Crippen MR) is 238 cm³/mol. The number of ether oxygens (including phenoxy) is 2. The standard InChI is InChI=1S/C47H86NO8P/c1-6-8-10-12-14-16-18-20-22-23-24-25-26-28-30-32-34-36-38-40-47(50)56-45(44-55-57(51,52)54-42-41-48(3,4)5)43-53-46(49)39-37-35-33-31-29-27-21-19-17-15-13-11-9-7-2/h8,10,14,16,20,22,24-25,45H,6-7,9,11-13,15,17-19,21,23,26-44H2,1-5H3/p+1/b10-8-,16-14-,22-20-,25-24-. The maximum atomic E-state index is 12.7. The van der Waals surface area contributed by atoms with Gasteiger partial charge in [0.05, 0.1) is 27.7 Å². The van der Waals surface area contributed by atoms with E-state index in [2.05, 4.69) is 62.5 Å². The summed E-state index contributed by atoms with van der Waals surface area (Å²) in [5, 5.41) is 0. The van der Waals surface area contributed by atoms with Crippen LogP contribution in [0.25, 0.3) is 0 Å². The summed E-state index contributed by atoms with van der Waals surface area (Å²) >= 11 is 0. The van der Waals surface area contributed by atoms with Crippen LogP contribution in [0.2, 0.25) is 0 Å². The van der Waals surface area contributed by atoms with Gasteiger partial charge in [-0.15, -0.1) is 0 Å². The maximum absolute atomic E-state index is 12.7. The third kappa shape index (κ3) is 43.4. The molecule has 9 nitrogen and oxygen atoms in total. The maximum Gasteiger partial charge on any atom is 0.472 e. The summed E-state index contributed by atoms with van der Waals surface area (Å²) in [6.07, 6.45) is 45.8. The topological polar surface area (TPSA) is 108 Å². The first kappa shape index (κ1) is 55.0. The quantitative estimate of drug-likeness (QED) is 0.0213. The lowest BCUT2D eigenvalue weighted by Gasteiger charge is -2.24. The molecule has 10 heteroatoms. The van der Waals surface area contributed by atoms with Crippen LogP contribution in [0.3, 0.4) is 0 Å². The van der Waals surface area contributed by atoms with E-state index in [1.165, 1.54) is 70.6 Å². The largest absolute Gasteiger partial charge is 0.472 e. The number of allylic oxidation sites excluding steroid dienone is 8. The molecule has 0 saturated heterocycles. The highest BCUT2D eigenvalue weighted by Gasteiger charge is 2.27. The van der Waals surface area contributed by atoms with Crippen molar-refractivity contribution in [1.29, 1.82) is 0 Å². The number of likely N-dealkylation sites (N-methyl/N-ethyl adjacent to an activating group) is 1. The number of carbonyl (C=O) groups excluding carboxylic acids is 2. The van der Waals surface area contributed by atoms with E-state index >= 15 is 0 Å². The number of phosphoric acid groups is 1. The van der Waals surface area contributed by atoms with Gasteiger partial charge in [-0.2, -0.15) is 0 Å². The summed E-state index contributed by atoms with van der Waals surface area (Å²) in [4.78, 5) is 35.4. The average molecular weight is 825 g/mol. The van der Waals surface area contributed by atoms with E-state index < -0.39 is 26.5 Å². The van der Waals surface area contributed by atoms with Gasteiger partial charge in [0, 0.05) is 12.8 Å². The van der Waals surface area contributed by atoms with E-state index in [-0.39, 0.29) is 32.0 Å². The summed E-state index contributed by atoms with van der Waals surface area (Å²) in [6, 6.07) is 0. The molecule has 0 aliphatic carbocycles. The van der Waals surface area contributed by atoms with Crippen LogP contribution >= 0.6 is 7.82 Å². The van der Waals surface area contributed by atoms with Crippen LogP contribution in [0.15, 0.2) is 48.6 Å². The molecule has 0 amide bonds. The van der Waals surface area contributed by atoms with Crippen molar-refractivity contribution in [3.05, 3.63) is 48.6 Å². The minimum absolute atomic E-state index is 0.0281. The Balaban J connectivity index is 4.36. The van der Waals surface area contributed by atoms with E-state index in [0.717, 1.165) is 83.5 Å².